The van der Waals surface area contributed by atoms with Crippen molar-refractivity contribution in [2.45, 2.75) is 77.2 Å². The molecule has 2 atom stereocenters. The topological polar surface area (TPSA) is 32.3 Å². The van der Waals surface area contributed by atoms with Gasteiger partial charge in [0.1, 0.15) is 0 Å². The number of rotatable bonds is 6. The zero-order chi connectivity index (χ0) is 13.6. The molecule has 2 heteroatoms. The molecule has 0 aromatic heterocycles. The van der Waals surface area contributed by atoms with Gasteiger partial charge in [-0.3, -0.25) is 0 Å². The summed E-state index contributed by atoms with van der Waals surface area (Å²) in [6, 6.07) is 0. The second-order valence-corrected chi connectivity index (χ2v) is 8.62. The van der Waals surface area contributed by atoms with Crippen molar-refractivity contribution >= 4 is 0 Å². The Hall–Kier alpha value is -0.0800. The van der Waals surface area contributed by atoms with Gasteiger partial charge >= 0.3 is 0 Å². The molecule has 2 nitrogen and oxygen atoms in total. The summed E-state index contributed by atoms with van der Waals surface area (Å²) in [6.07, 6.45) is 12.0. The van der Waals surface area contributed by atoms with Crippen LogP contribution < -0.4 is 5.32 Å². The third kappa shape index (κ3) is 2.71. The first-order chi connectivity index (χ1) is 8.97. The minimum Gasteiger partial charge on any atom is -0.396 e. The van der Waals surface area contributed by atoms with Crippen molar-refractivity contribution in [1.29, 1.82) is 0 Å². The predicted molar refractivity (Wildman–Crippen MR) is 79.1 cm³/mol. The summed E-state index contributed by atoms with van der Waals surface area (Å²) < 4.78 is 0. The lowest BCUT2D eigenvalue weighted by Gasteiger charge is -2.65. The Labute approximate surface area is 118 Å². The Bertz CT molecular complexity index is 322. The average Bonchev–Trinajstić information content (AvgIpc) is 2.23. The van der Waals surface area contributed by atoms with Crippen molar-refractivity contribution in [2.24, 2.45) is 16.7 Å². The van der Waals surface area contributed by atoms with Gasteiger partial charge in [0.2, 0.25) is 0 Å². The van der Waals surface area contributed by atoms with Crippen molar-refractivity contribution in [3.63, 3.8) is 0 Å². The maximum absolute atomic E-state index is 8.84. The number of hydrogen-bond acceptors (Lipinski definition) is 2. The summed E-state index contributed by atoms with van der Waals surface area (Å²) >= 11 is 0. The summed E-state index contributed by atoms with van der Waals surface area (Å²) in [7, 11) is 0. The molecule has 0 radical (unpaired) electrons. The normalized spacial score (nSPS) is 47.8. The third-order valence-corrected chi connectivity index (χ3v) is 5.96. The predicted octanol–water partition coefficient (Wildman–Crippen LogP) is 3.49. The molecule has 110 valence electrons. The quantitative estimate of drug-likeness (QED) is 0.721. The van der Waals surface area contributed by atoms with Crippen LogP contribution in [-0.2, 0) is 0 Å². The Morgan fingerprint density at radius 1 is 0.947 bits per heavy atom. The summed E-state index contributed by atoms with van der Waals surface area (Å²) in [4.78, 5) is 0. The van der Waals surface area contributed by atoms with E-state index in [2.05, 4.69) is 19.2 Å². The number of aliphatic hydroxyl groups is 1. The third-order valence-electron chi connectivity index (χ3n) is 5.96. The van der Waals surface area contributed by atoms with E-state index in [9.17, 15) is 0 Å². The molecule has 0 heterocycles. The number of hydrogen-bond donors (Lipinski definition) is 2. The number of aliphatic hydroxyl groups excluding tert-OH is 1. The summed E-state index contributed by atoms with van der Waals surface area (Å²) in [5.41, 5.74) is 1.70. The fourth-order valence-corrected chi connectivity index (χ4v) is 6.41. The highest BCUT2D eigenvalue weighted by Gasteiger charge is 2.59. The molecule has 19 heavy (non-hydrogen) atoms. The lowest BCUT2D eigenvalue weighted by Crippen LogP contribution is -2.64. The molecule has 0 spiro atoms. The highest BCUT2D eigenvalue weighted by atomic mass is 16.2. The van der Waals surface area contributed by atoms with Crippen LogP contribution >= 0.6 is 0 Å². The molecule has 4 bridgehead atoms. The van der Waals surface area contributed by atoms with Crippen molar-refractivity contribution < 1.29 is 5.11 Å². The monoisotopic (exact) mass is 265 g/mol. The molecule has 4 fully saturated rings. The van der Waals surface area contributed by atoms with Crippen molar-refractivity contribution in [1.82, 2.24) is 5.32 Å². The van der Waals surface area contributed by atoms with E-state index < -0.39 is 0 Å². The lowest BCUT2D eigenvalue weighted by atomic mass is 9.43. The molecular weight excluding hydrogens is 234 g/mol. The van der Waals surface area contributed by atoms with Crippen molar-refractivity contribution in [3.05, 3.63) is 0 Å². The summed E-state index contributed by atoms with van der Waals surface area (Å²) in [5.74, 6) is 0.983. The standard InChI is InChI=1S/C17H31NO/c1-15-8-14-9-16(2,11-15)13-17(10-14,12-15)18-6-4-3-5-7-19/h14,18-19H,3-13H2,1-2H3. The van der Waals surface area contributed by atoms with E-state index in [0.717, 1.165) is 25.3 Å². The maximum atomic E-state index is 8.84. The van der Waals surface area contributed by atoms with Gasteiger partial charge in [0.25, 0.3) is 0 Å². The molecule has 2 unspecified atom stereocenters. The van der Waals surface area contributed by atoms with Gasteiger partial charge in [0.15, 0.2) is 0 Å². The highest BCUT2D eigenvalue weighted by molar-refractivity contribution is 5.14. The van der Waals surface area contributed by atoms with Crippen LogP contribution in [0.1, 0.15) is 71.6 Å². The molecule has 4 saturated carbocycles. The second-order valence-electron chi connectivity index (χ2n) is 8.62. The SMILES string of the molecule is CC12CC3CC(C)(C1)CC(NCCCCCO)(C3)C2. The average molecular weight is 265 g/mol. The maximum Gasteiger partial charge on any atom is 0.0431 e. The Morgan fingerprint density at radius 3 is 2.21 bits per heavy atom. The molecule has 0 aromatic rings. The van der Waals surface area contributed by atoms with E-state index in [-0.39, 0.29) is 0 Å². The van der Waals surface area contributed by atoms with Crippen LogP contribution in [0.5, 0.6) is 0 Å². The molecule has 0 saturated heterocycles. The first kappa shape index (κ1) is 13.9. The van der Waals surface area contributed by atoms with Crippen LogP contribution in [-0.4, -0.2) is 23.8 Å². The largest absolute Gasteiger partial charge is 0.396 e. The number of unbranched alkanes of at least 4 members (excludes halogenated alkanes) is 2. The Morgan fingerprint density at radius 2 is 1.63 bits per heavy atom. The summed E-state index contributed by atoms with van der Waals surface area (Å²) in [6.45, 7) is 6.58. The van der Waals surface area contributed by atoms with Gasteiger partial charge in [0.05, 0.1) is 0 Å². The van der Waals surface area contributed by atoms with Gasteiger partial charge in [-0.2, -0.15) is 0 Å². The molecule has 0 aliphatic heterocycles. The highest BCUT2D eigenvalue weighted by Crippen LogP contribution is 2.66. The van der Waals surface area contributed by atoms with Gasteiger partial charge in [-0.15, -0.1) is 0 Å². The van der Waals surface area contributed by atoms with Crippen LogP contribution in [0, 0.1) is 16.7 Å². The van der Waals surface area contributed by atoms with E-state index in [4.69, 9.17) is 5.11 Å². The van der Waals surface area contributed by atoms with Crippen molar-refractivity contribution in [2.75, 3.05) is 13.2 Å². The van der Waals surface area contributed by atoms with Crippen LogP contribution in [0.4, 0.5) is 0 Å². The molecular formula is C17H31NO. The van der Waals surface area contributed by atoms with Crippen LogP contribution in [0.15, 0.2) is 0 Å². The van der Waals surface area contributed by atoms with Gasteiger partial charge in [-0.1, -0.05) is 13.8 Å². The van der Waals surface area contributed by atoms with Crippen LogP contribution in [0.3, 0.4) is 0 Å². The molecule has 4 rings (SSSR count). The zero-order valence-corrected chi connectivity index (χ0v) is 12.8. The summed E-state index contributed by atoms with van der Waals surface area (Å²) in [5, 5.41) is 12.8. The zero-order valence-electron chi connectivity index (χ0n) is 12.8. The minimum atomic E-state index is 0.351. The van der Waals surface area contributed by atoms with Crippen molar-refractivity contribution in [3.8, 4) is 0 Å². The van der Waals surface area contributed by atoms with E-state index in [1.165, 1.54) is 44.9 Å². The van der Waals surface area contributed by atoms with Gasteiger partial charge in [-0.05, 0) is 81.1 Å². The van der Waals surface area contributed by atoms with Gasteiger partial charge in [0, 0.05) is 12.1 Å². The van der Waals surface area contributed by atoms with Gasteiger partial charge < -0.3 is 10.4 Å². The van der Waals surface area contributed by atoms with Crippen LogP contribution in [0.25, 0.3) is 0 Å². The fraction of sp³-hybridized carbons (Fsp3) is 1.00. The van der Waals surface area contributed by atoms with Crippen LogP contribution in [0.2, 0.25) is 0 Å². The Balaban J connectivity index is 1.61. The van der Waals surface area contributed by atoms with E-state index >= 15 is 0 Å². The number of nitrogens with one attached hydrogen (secondary N) is 1. The molecule has 4 aliphatic rings. The minimum absolute atomic E-state index is 0.351. The fourth-order valence-electron chi connectivity index (χ4n) is 6.41. The molecule has 0 aromatic carbocycles. The van der Waals surface area contributed by atoms with Gasteiger partial charge in [-0.25, -0.2) is 0 Å². The van der Waals surface area contributed by atoms with E-state index in [0.29, 0.717) is 23.0 Å². The Kier molecular flexibility index (Phi) is 3.46. The van der Waals surface area contributed by atoms with E-state index in [1.807, 2.05) is 0 Å². The molecule has 2 N–H and O–H groups in total. The molecule has 0 amide bonds. The first-order valence-electron chi connectivity index (χ1n) is 8.33. The smallest absolute Gasteiger partial charge is 0.0431 e. The lowest BCUT2D eigenvalue weighted by molar-refractivity contribution is -0.117. The first-order valence-corrected chi connectivity index (χ1v) is 8.33. The molecule has 4 aliphatic carbocycles. The second kappa shape index (κ2) is 4.73. The van der Waals surface area contributed by atoms with E-state index in [1.54, 1.807) is 0 Å².